The van der Waals surface area contributed by atoms with Crippen molar-refractivity contribution < 1.29 is 4.74 Å². The van der Waals surface area contributed by atoms with Crippen LogP contribution >= 0.6 is 0 Å². The van der Waals surface area contributed by atoms with Crippen LogP contribution in [0, 0.1) is 0 Å². The van der Waals surface area contributed by atoms with E-state index in [4.69, 9.17) is 10.5 Å². The summed E-state index contributed by atoms with van der Waals surface area (Å²) in [5.41, 5.74) is 10.6. The Morgan fingerprint density at radius 2 is 1.74 bits per heavy atom. The molecule has 0 aliphatic rings. The van der Waals surface area contributed by atoms with E-state index in [2.05, 4.69) is 43.3 Å². The molecule has 0 saturated carbocycles. The van der Waals surface area contributed by atoms with Gasteiger partial charge in [0.1, 0.15) is 0 Å². The standard InChI is InChI=1S/C17H21NO/c1-2-11-19-13-14-7-9-15(10-8-14)17-6-4-3-5-16(17)12-18/h3-10H,2,11-13,18H2,1H3. The Balaban J connectivity index is 2.13. The number of rotatable bonds is 6. The molecule has 2 heteroatoms. The summed E-state index contributed by atoms with van der Waals surface area (Å²) >= 11 is 0. The molecule has 0 bridgehead atoms. The highest BCUT2D eigenvalue weighted by Gasteiger charge is 2.03. The number of hydrogen-bond acceptors (Lipinski definition) is 2. The quantitative estimate of drug-likeness (QED) is 0.798. The predicted molar refractivity (Wildman–Crippen MR) is 79.7 cm³/mol. The van der Waals surface area contributed by atoms with E-state index in [0.717, 1.165) is 13.0 Å². The smallest absolute Gasteiger partial charge is 0.0716 e. The molecule has 2 nitrogen and oxygen atoms in total. The lowest BCUT2D eigenvalue weighted by atomic mass is 9.99. The van der Waals surface area contributed by atoms with Crippen molar-refractivity contribution >= 4 is 0 Å². The van der Waals surface area contributed by atoms with Gasteiger partial charge in [0.15, 0.2) is 0 Å². The summed E-state index contributed by atoms with van der Waals surface area (Å²) in [7, 11) is 0. The minimum atomic E-state index is 0.567. The fraction of sp³-hybridized carbons (Fsp3) is 0.294. The molecule has 0 unspecified atom stereocenters. The fourth-order valence-electron chi connectivity index (χ4n) is 2.09. The summed E-state index contributed by atoms with van der Waals surface area (Å²) in [5, 5.41) is 0. The summed E-state index contributed by atoms with van der Waals surface area (Å²) in [6.07, 6.45) is 1.06. The molecule has 0 atom stereocenters. The van der Waals surface area contributed by atoms with Gasteiger partial charge in [-0.05, 0) is 28.7 Å². The van der Waals surface area contributed by atoms with E-state index in [-0.39, 0.29) is 0 Å². The van der Waals surface area contributed by atoms with E-state index in [9.17, 15) is 0 Å². The van der Waals surface area contributed by atoms with E-state index >= 15 is 0 Å². The zero-order valence-electron chi connectivity index (χ0n) is 11.4. The third-order valence-electron chi connectivity index (χ3n) is 3.12. The molecule has 0 aromatic heterocycles. The molecule has 0 radical (unpaired) electrons. The van der Waals surface area contributed by atoms with Crippen LogP contribution in [0.1, 0.15) is 24.5 Å². The van der Waals surface area contributed by atoms with Crippen molar-refractivity contribution in [2.75, 3.05) is 6.61 Å². The predicted octanol–water partition coefficient (Wildman–Crippen LogP) is 3.74. The molecule has 2 N–H and O–H groups in total. The Labute approximate surface area is 115 Å². The topological polar surface area (TPSA) is 35.2 Å². The lowest BCUT2D eigenvalue weighted by Crippen LogP contribution is -1.98. The lowest BCUT2D eigenvalue weighted by molar-refractivity contribution is 0.121. The Morgan fingerprint density at radius 3 is 2.42 bits per heavy atom. The Bertz CT molecular complexity index is 505. The SMILES string of the molecule is CCCOCc1ccc(-c2ccccc2CN)cc1. The maximum atomic E-state index is 5.78. The third-order valence-corrected chi connectivity index (χ3v) is 3.12. The van der Waals surface area contributed by atoms with Crippen LogP contribution < -0.4 is 5.73 Å². The number of nitrogens with two attached hydrogens (primary N) is 1. The summed E-state index contributed by atoms with van der Waals surface area (Å²) in [5.74, 6) is 0. The molecule has 2 aromatic rings. The van der Waals surface area contributed by atoms with Gasteiger partial charge in [0, 0.05) is 13.2 Å². The zero-order chi connectivity index (χ0) is 13.5. The van der Waals surface area contributed by atoms with Crippen molar-refractivity contribution in [1.29, 1.82) is 0 Å². The van der Waals surface area contributed by atoms with Gasteiger partial charge in [0.2, 0.25) is 0 Å². The van der Waals surface area contributed by atoms with Crippen molar-refractivity contribution in [1.82, 2.24) is 0 Å². The average Bonchev–Trinajstić information content (AvgIpc) is 2.48. The molecule has 100 valence electrons. The normalized spacial score (nSPS) is 10.6. The van der Waals surface area contributed by atoms with Crippen LogP contribution in [0.25, 0.3) is 11.1 Å². The van der Waals surface area contributed by atoms with Crippen LogP contribution in [-0.4, -0.2) is 6.61 Å². The maximum absolute atomic E-state index is 5.78. The molecule has 0 spiro atoms. The molecule has 0 aliphatic carbocycles. The lowest BCUT2D eigenvalue weighted by Gasteiger charge is -2.09. The highest BCUT2D eigenvalue weighted by atomic mass is 16.5. The highest BCUT2D eigenvalue weighted by molar-refractivity contribution is 5.67. The van der Waals surface area contributed by atoms with Gasteiger partial charge >= 0.3 is 0 Å². The Hall–Kier alpha value is -1.64. The average molecular weight is 255 g/mol. The molecule has 2 rings (SSSR count). The first-order valence-electron chi connectivity index (χ1n) is 6.80. The first-order valence-corrected chi connectivity index (χ1v) is 6.80. The van der Waals surface area contributed by atoms with Crippen LogP contribution in [-0.2, 0) is 17.9 Å². The van der Waals surface area contributed by atoms with Crippen molar-refractivity contribution in [3.05, 3.63) is 59.7 Å². The van der Waals surface area contributed by atoms with E-state index in [0.29, 0.717) is 13.2 Å². The number of benzene rings is 2. The van der Waals surface area contributed by atoms with Gasteiger partial charge in [-0.15, -0.1) is 0 Å². The molecule has 0 saturated heterocycles. The first-order chi connectivity index (χ1) is 9.35. The van der Waals surface area contributed by atoms with Crippen LogP contribution in [0.3, 0.4) is 0 Å². The zero-order valence-corrected chi connectivity index (χ0v) is 11.4. The van der Waals surface area contributed by atoms with E-state index < -0.39 is 0 Å². The summed E-state index contributed by atoms with van der Waals surface area (Å²) in [6.45, 7) is 4.19. The monoisotopic (exact) mass is 255 g/mol. The molecule has 19 heavy (non-hydrogen) atoms. The largest absolute Gasteiger partial charge is 0.377 e. The van der Waals surface area contributed by atoms with Gasteiger partial charge in [-0.25, -0.2) is 0 Å². The fourth-order valence-corrected chi connectivity index (χ4v) is 2.09. The van der Waals surface area contributed by atoms with Gasteiger partial charge in [-0.2, -0.15) is 0 Å². The van der Waals surface area contributed by atoms with E-state index in [1.54, 1.807) is 0 Å². The Kier molecular flexibility index (Phi) is 5.13. The van der Waals surface area contributed by atoms with E-state index in [1.165, 1.54) is 22.3 Å². The van der Waals surface area contributed by atoms with Gasteiger partial charge < -0.3 is 10.5 Å². The van der Waals surface area contributed by atoms with Crippen LogP contribution in [0.15, 0.2) is 48.5 Å². The molecule has 0 amide bonds. The molecule has 0 heterocycles. The van der Waals surface area contributed by atoms with Gasteiger partial charge in [-0.1, -0.05) is 55.5 Å². The van der Waals surface area contributed by atoms with E-state index in [1.807, 2.05) is 12.1 Å². The molecular formula is C17H21NO. The van der Waals surface area contributed by atoms with Crippen LogP contribution in [0.2, 0.25) is 0 Å². The van der Waals surface area contributed by atoms with Crippen molar-refractivity contribution in [3.8, 4) is 11.1 Å². The number of ether oxygens (including phenoxy) is 1. The summed E-state index contributed by atoms with van der Waals surface area (Å²) < 4.78 is 5.54. The minimum Gasteiger partial charge on any atom is -0.377 e. The summed E-state index contributed by atoms with van der Waals surface area (Å²) in [4.78, 5) is 0. The van der Waals surface area contributed by atoms with Crippen LogP contribution in [0.4, 0.5) is 0 Å². The summed E-state index contributed by atoms with van der Waals surface area (Å²) in [6, 6.07) is 16.8. The maximum Gasteiger partial charge on any atom is 0.0716 e. The highest BCUT2D eigenvalue weighted by Crippen LogP contribution is 2.23. The molecular weight excluding hydrogens is 234 g/mol. The second-order valence-corrected chi connectivity index (χ2v) is 4.61. The van der Waals surface area contributed by atoms with Crippen molar-refractivity contribution in [2.45, 2.75) is 26.5 Å². The first kappa shape index (κ1) is 13.8. The third kappa shape index (κ3) is 3.66. The molecule has 0 fully saturated rings. The van der Waals surface area contributed by atoms with Gasteiger partial charge in [-0.3, -0.25) is 0 Å². The van der Waals surface area contributed by atoms with Crippen molar-refractivity contribution in [2.24, 2.45) is 5.73 Å². The molecule has 2 aromatic carbocycles. The van der Waals surface area contributed by atoms with Gasteiger partial charge in [0.05, 0.1) is 6.61 Å². The Morgan fingerprint density at radius 1 is 1.00 bits per heavy atom. The minimum absolute atomic E-state index is 0.567. The van der Waals surface area contributed by atoms with Crippen molar-refractivity contribution in [3.63, 3.8) is 0 Å². The molecule has 0 aliphatic heterocycles. The second kappa shape index (κ2) is 7.07. The number of hydrogen-bond donors (Lipinski definition) is 1. The van der Waals surface area contributed by atoms with Crippen LogP contribution in [0.5, 0.6) is 0 Å². The second-order valence-electron chi connectivity index (χ2n) is 4.61. The van der Waals surface area contributed by atoms with Gasteiger partial charge in [0.25, 0.3) is 0 Å².